The maximum atomic E-state index is 11.5. The molecule has 0 aromatic heterocycles. The van der Waals surface area contributed by atoms with E-state index in [1.165, 1.54) is 19.0 Å². The van der Waals surface area contributed by atoms with Gasteiger partial charge in [0.25, 0.3) is 0 Å². The Bertz CT molecular complexity index is 252. The standard InChI is InChI=1S/C11H18N2O/c1-3-11(14)13-7-5-9-4-6-12(2)10(9)8-13/h3,9-10H,1,4-8H2,2H3. The highest BCUT2D eigenvalue weighted by Crippen LogP contribution is 2.30. The second-order valence-corrected chi connectivity index (χ2v) is 4.37. The lowest BCUT2D eigenvalue weighted by Gasteiger charge is -2.36. The molecule has 0 aromatic carbocycles. The van der Waals surface area contributed by atoms with Crippen LogP contribution in [-0.2, 0) is 4.79 Å². The van der Waals surface area contributed by atoms with Gasteiger partial charge < -0.3 is 9.80 Å². The molecule has 2 unspecified atom stereocenters. The minimum atomic E-state index is 0.0868. The van der Waals surface area contributed by atoms with Crippen molar-refractivity contribution in [2.24, 2.45) is 5.92 Å². The van der Waals surface area contributed by atoms with Crippen molar-refractivity contribution in [3.63, 3.8) is 0 Å². The maximum absolute atomic E-state index is 11.5. The fourth-order valence-electron chi connectivity index (χ4n) is 2.68. The molecule has 0 aliphatic carbocycles. The molecule has 2 heterocycles. The topological polar surface area (TPSA) is 23.6 Å². The number of hydrogen-bond donors (Lipinski definition) is 0. The summed E-state index contributed by atoms with van der Waals surface area (Å²) in [7, 11) is 2.16. The molecule has 2 fully saturated rings. The second kappa shape index (κ2) is 3.73. The van der Waals surface area contributed by atoms with Crippen LogP contribution < -0.4 is 0 Å². The molecule has 2 saturated heterocycles. The van der Waals surface area contributed by atoms with E-state index in [4.69, 9.17) is 0 Å². The van der Waals surface area contributed by atoms with Gasteiger partial charge in [0.2, 0.25) is 5.91 Å². The third-order valence-corrected chi connectivity index (χ3v) is 3.63. The SMILES string of the molecule is C=CC(=O)N1CCC2CCN(C)C2C1. The van der Waals surface area contributed by atoms with Gasteiger partial charge in [-0.25, -0.2) is 0 Å². The van der Waals surface area contributed by atoms with Crippen molar-refractivity contribution in [2.75, 3.05) is 26.7 Å². The molecule has 14 heavy (non-hydrogen) atoms. The number of amides is 1. The Morgan fingerprint density at radius 1 is 1.43 bits per heavy atom. The van der Waals surface area contributed by atoms with Crippen LogP contribution in [0.25, 0.3) is 0 Å². The Balaban J connectivity index is 2.01. The predicted octanol–water partition coefficient (Wildman–Crippen LogP) is 0.725. The Morgan fingerprint density at radius 3 is 2.86 bits per heavy atom. The van der Waals surface area contributed by atoms with Crippen LogP contribution in [0.4, 0.5) is 0 Å². The summed E-state index contributed by atoms with van der Waals surface area (Å²) in [5.74, 6) is 0.901. The van der Waals surface area contributed by atoms with Gasteiger partial charge in [-0.15, -0.1) is 0 Å². The molecule has 0 bridgehead atoms. The Hall–Kier alpha value is -0.830. The van der Waals surface area contributed by atoms with E-state index in [1.807, 2.05) is 4.90 Å². The summed E-state index contributed by atoms with van der Waals surface area (Å²) in [6.45, 7) is 6.53. The normalized spacial score (nSPS) is 32.8. The number of nitrogens with zero attached hydrogens (tertiary/aromatic N) is 2. The third kappa shape index (κ3) is 1.57. The third-order valence-electron chi connectivity index (χ3n) is 3.63. The highest BCUT2D eigenvalue weighted by molar-refractivity contribution is 5.87. The quantitative estimate of drug-likeness (QED) is 0.574. The van der Waals surface area contributed by atoms with Gasteiger partial charge in [0.05, 0.1) is 0 Å². The number of piperidine rings is 1. The van der Waals surface area contributed by atoms with Crippen molar-refractivity contribution >= 4 is 5.91 Å². The molecular formula is C11H18N2O. The largest absolute Gasteiger partial charge is 0.338 e. The Labute approximate surface area is 85.4 Å². The first-order valence-electron chi connectivity index (χ1n) is 5.34. The van der Waals surface area contributed by atoms with Crippen LogP contribution in [0.5, 0.6) is 0 Å². The van der Waals surface area contributed by atoms with Gasteiger partial charge in [-0.1, -0.05) is 6.58 Å². The summed E-state index contributed by atoms with van der Waals surface area (Å²) in [5.41, 5.74) is 0. The number of rotatable bonds is 1. The molecule has 2 atom stereocenters. The number of carbonyl (C=O) groups excluding carboxylic acids is 1. The molecule has 0 radical (unpaired) electrons. The molecule has 2 aliphatic rings. The average molecular weight is 194 g/mol. The number of likely N-dealkylation sites (tertiary alicyclic amines) is 2. The van der Waals surface area contributed by atoms with Gasteiger partial charge in [-0.3, -0.25) is 4.79 Å². The van der Waals surface area contributed by atoms with Crippen molar-refractivity contribution < 1.29 is 4.79 Å². The summed E-state index contributed by atoms with van der Waals surface area (Å²) in [5, 5.41) is 0. The first-order chi connectivity index (χ1) is 6.72. The Kier molecular flexibility index (Phi) is 2.59. The number of likely N-dealkylation sites (N-methyl/N-ethyl adjacent to an activating group) is 1. The zero-order chi connectivity index (χ0) is 10.1. The highest BCUT2D eigenvalue weighted by Gasteiger charge is 2.37. The van der Waals surface area contributed by atoms with Crippen LogP contribution in [0, 0.1) is 5.92 Å². The summed E-state index contributed by atoms with van der Waals surface area (Å²) in [6.07, 6.45) is 3.89. The molecule has 0 spiro atoms. The second-order valence-electron chi connectivity index (χ2n) is 4.37. The molecule has 78 valence electrons. The van der Waals surface area contributed by atoms with Crippen LogP contribution in [0.3, 0.4) is 0 Å². The highest BCUT2D eigenvalue weighted by atomic mass is 16.2. The van der Waals surface area contributed by atoms with Crippen LogP contribution in [0.15, 0.2) is 12.7 Å². The van der Waals surface area contributed by atoms with E-state index in [1.54, 1.807) is 0 Å². The van der Waals surface area contributed by atoms with Gasteiger partial charge in [0.1, 0.15) is 0 Å². The van der Waals surface area contributed by atoms with Crippen molar-refractivity contribution in [3.05, 3.63) is 12.7 Å². The number of hydrogen-bond acceptors (Lipinski definition) is 2. The zero-order valence-corrected chi connectivity index (χ0v) is 8.78. The number of fused-ring (bicyclic) bond motifs is 1. The van der Waals surface area contributed by atoms with E-state index < -0.39 is 0 Å². The predicted molar refractivity (Wildman–Crippen MR) is 55.9 cm³/mol. The fourth-order valence-corrected chi connectivity index (χ4v) is 2.68. The maximum Gasteiger partial charge on any atom is 0.246 e. The van der Waals surface area contributed by atoms with E-state index in [9.17, 15) is 4.79 Å². The molecule has 0 aromatic rings. The molecular weight excluding hydrogens is 176 g/mol. The summed E-state index contributed by atoms with van der Waals surface area (Å²) in [6, 6.07) is 0.590. The lowest BCUT2D eigenvalue weighted by Crippen LogP contribution is -2.48. The summed E-state index contributed by atoms with van der Waals surface area (Å²) < 4.78 is 0. The van der Waals surface area contributed by atoms with E-state index >= 15 is 0 Å². The van der Waals surface area contributed by atoms with Gasteiger partial charge in [0.15, 0.2) is 0 Å². The van der Waals surface area contributed by atoms with E-state index in [0.29, 0.717) is 6.04 Å². The van der Waals surface area contributed by atoms with E-state index in [2.05, 4.69) is 18.5 Å². The summed E-state index contributed by atoms with van der Waals surface area (Å²) in [4.78, 5) is 15.8. The molecule has 0 N–H and O–H groups in total. The van der Waals surface area contributed by atoms with Gasteiger partial charge in [-0.05, 0) is 38.4 Å². The van der Waals surface area contributed by atoms with Gasteiger partial charge >= 0.3 is 0 Å². The van der Waals surface area contributed by atoms with Crippen LogP contribution in [-0.4, -0.2) is 48.4 Å². The molecule has 0 saturated carbocycles. The molecule has 2 aliphatic heterocycles. The minimum Gasteiger partial charge on any atom is -0.338 e. The van der Waals surface area contributed by atoms with Crippen molar-refractivity contribution in [1.29, 1.82) is 0 Å². The lowest BCUT2D eigenvalue weighted by molar-refractivity contribution is -0.128. The smallest absolute Gasteiger partial charge is 0.246 e. The van der Waals surface area contributed by atoms with Crippen LogP contribution >= 0.6 is 0 Å². The molecule has 3 nitrogen and oxygen atoms in total. The van der Waals surface area contributed by atoms with Crippen molar-refractivity contribution in [3.8, 4) is 0 Å². The first kappa shape index (κ1) is 9.71. The molecule has 1 amide bonds. The zero-order valence-electron chi connectivity index (χ0n) is 8.78. The van der Waals surface area contributed by atoms with Crippen molar-refractivity contribution in [2.45, 2.75) is 18.9 Å². The average Bonchev–Trinajstić information content (AvgIpc) is 2.59. The number of carbonyl (C=O) groups is 1. The van der Waals surface area contributed by atoms with Crippen LogP contribution in [0.2, 0.25) is 0 Å². The molecule has 2 rings (SSSR count). The summed E-state index contributed by atoms with van der Waals surface area (Å²) >= 11 is 0. The molecule has 3 heteroatoms. The monoisotopic (exact) mass is 194 g/mol. The fraction of sp³-hybridized carbons (Fsp3) is 0.727. The first-order valence-corrected chi connectivity index (χ1v) is 5.34. The van der Waals surface area contributed by atoms with Gasteiger partial charge in [0, 0.05) is 19.1 Å². The minimum absolute atomic E-state index is 0.0868. The van der Waals surface area contributed by atoms with E-state index in [-0.39, 0.29) is 5.91 Å². The lowest BCUT2D eigenvalue weighted by atomic mass is 9.92. The van der Waals surface area contributed by atoms with Crippen LogP contribution in [0.1, 0.15) is 12.8 Å². The van der Waals surface area contributed by atoms with Gasteiger partial charge in [-0.2, -0.15) is 0 Å². The van der Waals surface area contributed by atoms with E-state index in [0.717, 1.165) is 25.4 Å². The van der Waals surface area contributed by atoms with Crippen molar-refractivity contribution in [1.82, 2.24) is 9.80 Å². The Morgan fingerprint density at radius 2 is 2.14 bits per heavy atom.